The van der Waals surface area contributed by atoms with Crippen LogP contribution in [0.3, 0.4) is 0 Å². The van der Waals surface area contributed by atoms with E-state index in [9.17, 15) is 9.59 Å². The number of hydrogen-bond acceptors (Lipinski definition) is 2. The third-order valence-electron chi connectivity index (χ3n) is 5.57. The number of para-hydroxylation sites is 1. The number of benzene rings is 2. The molecule has 0 heterocycles. The molecule has 0 saturated heterocycles. The Morgan fingerprint density at radius 2 is 1.64 bits per heavy atom. The summed E-state index contributed by atoms with van der Waals surface area (Å²) in [6, 6.07) is 14.8. The summed E-state index contributed by atoms with van der Waals surface area (Å²) in [5.74, 6) is 0.0242. The van der Waals surface area contributed by atoms with Gasteiger partial charge in [-0.05, 0) is 61.9 Å². The molecule has 4 heteroatoms. The Bertz CT molecular complexity index is 925. The van der Waals surface area contributed by atoms with Crippen molar-refractivity contribution in [3.63, 3.8) is 0 Å². The number of carbonyl (C=O) groups excluding carboxylic acids is 2. The molecule has 2 atom stereocenters. The molecule has 1 aliphatic rings. The van der Waals surface area contributed by atoms with Crippen molar-refractivity contribution in [2.75, 3.05) is 10.6 Å². The first kappa shape index (κ1) is 19.9. The highest BCUT2D eigenvalue weighted by Gasteiger charge is 2.60. The van der Waals surface area contributed by atoms with Crippen molar-refractivity contribution in [3.8, 4) is 0 Å². The molecule has 0 aliphatic heterocycles. The average Bonchev–Trinajstić information content (AvgIpc) is 3.17. The summed E-state index contributed by atoms with van der Waals surface area (Å²) in [5, 5.41) is 5.94. The van der Waals surface area contributed by atoms with Crippen molar-refractivity contribution < 1.29 is 9.59 Å². The van der Waals surface area contributed by atoms with Crippen LogP contribution in [0.5, 0.6) is 0 Å². The van der Waals surface area contributed by atoms with E-state index < -0.39 is 0 Å². The number of nitrogens with one attached hydrogen (secondary N) is 2. The van der Waals surface area contributed by atoms with E-state index in [1.807, 2.05) is 43.3 Å². The Hall–Kier alpha value is -2.88. The Morgan fingerprint density at radius 1 is 0.964 bits per heavy atom. The van der Waals surface area contributed by atoms with E-state index in [-0.39, 0.29) is 29.1 Å². The van der Waals surface area contributed by atoms with Gasteiger partial charge < -0.3 is 10.6 Å². The van der Waals surface area contributed by atoms with Gasteiger partial charge >= 0.3 is 0 Å². The molecule has 2 amide bonds. The van der Waals surface area contributed by atoms with Crippen LogP contribution in [0.1, 0.15) is 43.6 Å². The molecule has 2 aromatic rings. The molecular weight excluding hydrogens is 348 g/mol. The summed E-state index contributed by atoms with van der Waals surface area (Å²) < 4.78 is 0. The number of anilines is 2. The quantitative estimate of drug-likeness (QED) is 0.684. The third-order valence-corrected chi connectivity index (χ3v) is 5.57. The van der Waals surface area contributed by atoms with Gasteiger partial charge in [-0.2, -0.15) is 0 Å². The number of hydrogen-bond donors (Lipinski definition) is 2. The molecule has 4 nitrogen and oxygen atoms in total. The normalized spacial score (nSPS) is 19.5. The smallest absolute Gasteiger partial charge is 0.256 e. The zero-order valence-corrected chi connectivity index (χ0v) is 17.2. The number of amides is 2. The third kappa shape index (κ3) is 4.01. The van der Waals surface area contributed by atoms with Crippen LogP contribution < -0.4 is 10.6 Å². The fraction of sp³-hybridized carbons (Fsp3) is 0.333. The minimum atomic E-state index is -0.186. The van der Waals surface area contributed by atoms with Crippen molar-refractivity contribution in [3.05, 3.63) is 71.3 Å². The molecule has 1 fully saturated rings. The standard InChI is InChI=1S/C24H28N2O2/c1-15(2)14-19-21(24(19,4)5)23(28)26-20-13-9-12-18(16(20)3)22(27)25-17-10-7-6-8-11-17/h6-14,19,21H,1-5H3,(H,25,27)(H,26,28). The van der Waals surface area contributed by atoms with Crippen LogP contribution in [0.25, 0.3) is 0 Å². The van der Waals surface area contributed by atoms with E-state index in [0.29, 0.717) is 11.3 Å². The maximum absolute atomic E-state index is 12.9. The first-order valence-electron chi connectivity index (χ1n) is 9.63. The summed E-state index contributed by atoms with van der Waals surface area (Å²) in [5.41, 5.74) is 3.93. The lowest BCUT2D eigenvalue weighted by molar-refractivity contribution is -0.118. The van der Waals surface area contributed by atoms with Crippen LogP contribution in [0.15, 0.2) is 60.2 Å². The van der Waals surface area contributed by atoms with Gasteiger partial charge in [-0.15, -0.1) is 0 Å². The molecule has 1 aliphatic carbocycles. The lowest BCUT2D eigenvalue weighted by Gasteiger charge is -2.13. The van der Waals surface area contributed by atoms with E-state index >= 15 is 0 Å². The molecular formula is C24H28N2O2. The van der Waals surface area contributed by atoms with Crippen molar-refractivity contribution in [1.82, 2.24) is 0 Å². The zero-order valence-electron chi connectivity index (χ0n) is 17.2. The molecule has 1 saturated carbocycles. The van der Waals surface area contributed by atoms with Gasteiger partial charge in [0.1, 0.15) is 0 Å². The summed E-state index contributed by atoms with van der Waals surface area (Å²) in [7, 11) is 0. The Balaban J connectivity index is 1.76. The Morgan fingerprint density at radius 3 is 2.29 bits per heavy atom. The van der Waals surface area contributed by atoms with Crippen LogP contribution >= 0.6 is 0 Å². The molecule has 3 rings (SSSR count). The lowest BCUT2D eigenvalue weighted by atomic mass is 10.0. The van der Waals surface area contributed by atoms with Gasteiger partial charge in [0.05, 0.1) is 5.92 Å². The van der Waals surface area contributed by atoms with Crippen molar-refractivity contribution in [2.24, 2.45) is 17.3 Å². The summed E-state index contributed by atoms with van der Waals surface area (Å²) in [6.45, 7) is 10.2. The first-order valence-corrected chi connectivity index (χ1v) is 9.63. The van der Waals surface area contributed by atoms with Gasteiger partial charge in [0.25, 0.3) is 5.91 Å². The monoisotopic (exact) mass is 376 g/mol. The van der Waals surface area contributed by atoms with Crippen LogP contribution in [-0.2, 0) is 4.79 Å². The minimum Gasteiger partial charge on any atom is -0.326 e. The Labute approximate surface area is 167 Å². The van der Waals surface area contributed by atoms with Crippen LogP contribution in [0.2, 0.25) is 0 Å². The Kier molecular flexibility index (Phi) is 5.41. The topological polar surface area (TPSA) is 58.2 Å². The average molecular weight is 377 g/mol. The highest BCUT2D eigenvalue weighted by atomic mass is 16.2. The SMILES string of the molecule is CC(C)=CC1C(C(=O)Nc2cccc(C(=O)Nc3ccccc3)c2C)C1(C)C. The van der Waals surface area contributed by atoms with Crippen molar-refractivity contribution >= 4 is 23.2 Å². The molecule has 0 aromatic heterocycles. The van der Waals surface area contributed by atoms with Crippen LogP contribution in [0.4, 0.5) is 11.4 Å². The van der Waals surface area contributed by atoms with Gasteiger partial charge in [0, 0.05) is 16.9 Å². The molecule has 0 spiro atoms. The maximum Gasteiger partial charge on any atom is 0.256 e. The second-order valence-electron chi connectivity index (χ2n) is 8.36. The van der Waals surface area contributed by atoms with E-state index in [4.69, 9.17) is 0 Å². The first-order chi connectivity index (χ1) is 13.2. The molecule has 2 unspecified atom stereocenters. The summed E-state index contributed by atoms with van der Waals surface area (Å²) in [6.07, 6.45) is 2.18. The molecule has 28 heavy (non-hydrogen) atoms. The number of carbonyl (C=O) groups is 2. The second-order valence-corrected chi connectivity index (χ2v) is 8.36. The van der Waals surface area contributed by atoms with Gasteiger partial charge in [0.2, 0.25) is 5.91 Å². The second kappa shape index (κ2) is 7.63. The van der Waals surface area contributed by atoms with E-state index in [1.54, 1.807) is 12.1 Å². The summed E-state index contributed by atoms with van der Waals surface area (Å²) >= 11 is 0. The fourth-order valence-corrected chi connectivity index (χ4v) is 3.80. The molecule has 146 valence electrons. The van der Waals surface area contributed by atoms with E-state index in [1.165, 1.54) is 5.57 Å². The van der Waals surface area contributed by atoms with Crippen molar-refractivity contribution in [1.29, 1.82) is 0 Å². The number of allylic oxidation sites excluding steroid dienone is 2. The van der Waals surface area contributed by atoms with Crippen LogP contribution in [-0.4, -0.2) is 11.8 Å². The molecule has 0 bridgehead atoms. The van der Waals surface area contributed by atoms with E-state index in [2.05, 4.69) is 44.4 Å². The van der Waals surface area contributed by atoms with E-state index in [0.717, 1.165) is 11.3 Å². The maximum atomic E-state index is 12.9. The van der Waals surface area contributed by atoms with Crippen molar-refractivity contribution in [2.45, 2.75) is 34.6 Å². The van der Waals surface area contributed by atoms with Gasteiger partial charge in [-0.25, -0.2) is 0 Å². The predicted octanol–water partition coefficient (Wildman–Crippen LogP) is 5.42. The predicted molar refractivity (Wildman–Crippen MR) is 114 cm³/mol. The largest absolute Gasteiger partial charge is 0.326 e. The lowest BCUT2D eigenvalue weighted by Crippen LogP contribution is -2.19. The van der Waals surface area contributed by atoms with Gasteiger partial charge in [-0.3, -0.25) is 9.59 Å². The van der Waals surface area contributed by atoms with Gasteiger partial charge in [-0.1, -0.05) is 49.8 Å². The zero-order chi connectivity index (χ0) is 20.5. The highest BCUT2D eigenvalue weighted by Crippen LogP contribution is 2.59. The number of rotatable bonds is 5. The fourth-order valence-electron chi connectivity index (χ4n) is 3.80. The highest BCUT2D eigenvalue weighted by molar-refractivity contribution is 6.07. The molecule has 0 radical (unpaired) electrons. The van der Waals surface area contributed by atoms with Crippen LogP contribution in [0, 0.1) is 24.2 Å². The molecule has 2 aromatic carbocycles. The minimum absolute atomic E-state index is 0.0104. The molecule has 2 N–H and O–H groups in total. The summed E-state index contributed by atoms with van der Waals surface area (Å²) in [4.78, 5) is 25.5. The van der Waals surface area contributed by atoms with Gasteiger partial charge in [0.15, 0.2) is 0 Å².